The van der Waals surface area contributed by atoms with E-state index in [4.69, 9.17) is 9.29 Å². The van der Waals surface area contributed by atoms with Crippen LogP contribution in [0.4, 0.5) is 17.6 Å². The Kier molecular flexibility index (Phi) is 4.94. The van der Waals surface area contributed by atoms with E-state index in [9.17, 15) is 26.6 Å². The van der Waals surface area contributed by atoms with Crippen molar-refractivity contribution in [2.24, 2.45) is 23.2 Å². The zero-order valence-electron chi connectivity index (χ0n) is 13.7. The van der Waals surface area contributed by atoms with Gasteiger partial charge >= 0.3 is 17.1 Å². The third kappa shape index (κ3) is 3.72. The average Bonchev–Trinajstić information content (AvgIpc) is 2.44. The van der Waals surface area contributed by atoms with Crippen molar-refractivity contribution in [2.75, 3.05) is 6.61 Å². The minimum atomic E-state index is -5.07. The summed E-state index contributed by atoms with van der Waals surface area (Å²) in [4.78, 5) is 12.0. The van der Waals surface area contributed by atoms with Gasteiger partial charge in [-0.25, -0.2) is 4.21 Å². The maximum atomic E-state index is 13.3. The fraction of sp³-hybridized carbons (Fsp3) is 0.938. The van der Waals surface area contributed by atoms with Gasteiger partial charge in [0.1, 0.15) is 0 Å². The molecule has 4 saturated carbocycles. The highest BCUT2D eigenvalue weighted by atomic mass is 32.2. The monoisotopic (exact) mass is 386 g/mol. The Bertz CT molecular complexity index is 531. The second kappa shape index (κ2) is 6.48. The predicted molar refractivity (Wildman–Crippen MR) is 81.5 cm³/mol. The van der Waals surface area contributed by atoms with Gasteiger partial charge in [0, 0.05) is 0 Å². The molecule has 4 rings (SSSR count). The summed E-state index contributed by atoms with van der Waals surface area (Å²) in [6.07, 6.45) is 5.11. The minimum Gasteiger partial charge on any atom is -0.465 e. The third-order valence-corrected chi connectivity index (χ3v) is 6.75. The summed E-state index contributed by atoms with van der Waals surface area (Å²) in [5, 5.41) is -5.07. The van der Waals surface area contributed by atoms with Gasteiger partial charge in [-0.3, -0.25) is 4.79 Å². The van der Waals surface area contributed by atoms with Gasteiger partial charge in [-0.2, -0.15) is 17.6 Å². The van der Waals surface area contributed by atoms with Crippen molar-refractivity contribution in [2.45, 2.75) is 62.5 Å². The van der Waals surface area contributed by atoms with E-state index < -0.39 is 41.3 Å². The molecular weight excluding hydrogens is 364 g/mol. The van der Waals surface area contributed by atoms with Crippen LogP contribution in [0.15, 0.2) is 0 Å². The van der Waals surface area contributed by atoms with E-state index in [0.29, 0.717) is 17.8 Å². The van der Waals surface area contributed by atoms with Crippen molar-refractivity contribution in [3.63, 3.8) is 0 Å². The van der Waals surface area contributed by atoms with Crippen LogP contribution in [0.25, 0.3) is 0 Å². The summed E-state index contributed by atoms with van der Waals surface area (Å²) >= 11 is -3.99. The summed E-state index contributed by atoms with van der Waals surface area (Å²) in [5.41, 5.74) is -0.120. The van der Waals surface area contributed by atoms with Crippen molar-refractivity contribution in [1.82, 2.24) is 0 Å². The lowest BCUT2D eigenvalue weighted by molar-refractivity contribution is -0.174. The molecule has 0 aromatic carbocycles. The lowest BCUT2D eigenvalue weighted by atomic mass is 9.49. The second-order valence-corrected chi connectivity index (χ2v) is 9.05. The molecule has 9 heteroatoms. The molecule has 0 aliphatic heterocycles. The summed E-state index contributed by atoms with van der Waals surface area (Å²) < 4.78 is 76.1. The molecule has 4 bridgehead atoms. The number of esters is 1. The van der Waals surface area contributed by atoms with Crippen molar-refractivity contribution in [1.29, 1.82) is 0 Å². The minimum absolute atomic E-state index is 0.120. The molecule has 4 aliphatic carbocycles. The zero-order chi connectivity index (χ0) is 18.5. The van der Waals surface area contributed by atoms with Crippen LogP contribution in [0, 0.1) is 23.2 Å². The third-order valence-electron chi connectivity index (χ3n) is 6.01. The number of ether oxygens (including phenoxy) is 1. The van der Waals surface area contributed by atoms with E-state index in [-0.39, 0.29) is 11.8 Å². The Morgan fingerprint density at radius 1 is 1.08 bits per heavy atom. The predicted octanol–water partition coefficient (Wildman–Crippen LogP) is 3.98. The number of carbonyl (C=O) groups is 1. The van der Waals surface area contributed by atoms with E-state index in [1.54, 1.807) is 0 Å². The van der Waals surface area contributed by atoms with Crippen molar-refractivity contribution in [3.8, 4) is 0 Å². The lowest BCUT2D eigenvalue weighted by Gasteiger charge is -2.56. The molecule has 1 unspecified atom stereocenters. The number of hydrogen-bond acceptors (Lipinski definition) is 3. The molecule has 0 radical (unpaired) electrons. The quantitative estimate of drug-likeness (QED) is 0.408. The zero-order valence-corrected chi connectivity index (χ0v) is 14.5. The summed E-state index contributed by atoms with van der Waals surface area (Å²) in [6, 6.07) is 0. The van der Waals surface area contributed by atoms with Gasteiger partial charge in [-0.15, -0.1) is 0 Å². The maximum absolute atomic E-state index is 13.3. The van der Waals surface area contributed by atoms with Gasteiger partial charge in [0.2, 0.25) is 11.1 Å². The van der Waals surface area contributed by atoms with Crippen molar-refractivity contribution >= 4 is 17.0 Å². The van der Waals surface area contributed by atoms with Gasteiger partial charge in [0.05, 0.1) is 19.4 Å². The van der Waals surface area contributed by atoms with Gasteiger partial charge in [0.25, 0.3) is 0 Å². The van der Waals surface area contributed by atoms with Gasteiger partial charge in [-0.05, 0) is 61.7 Å². The highest BCUT2D eigenvalue weighted by molar-refractivity contribution is 7.80. The molecule has 0 aromatic heterocycles. The van der Waals surface area contributed by atoms with Gasteiger partial charge in [0.15, 0.2) is 0 Å². The van der Waals surface area contributed by atoms with Gasteiger partial charge in [-0.1, -0.05) is 0 Å². The Balaban J connectivity index is 1.50. The Hall–Kier alpha value is -0.700. The average molecular weight is 386 g/mol. The van der Waals surface area contributed by atoms with E-state index in [0.717, 1.165) is 19.3 Å². The lowest BCUT2D eigenvalue weighted by Crippen LogP contribution is -2.47. The number of halogens is 4. The first-order valence-electron chi connectivity index (χ1n) is 8.55. The normalized spacial score (nSPS) is 35.6. The number of hydrogen-bond donors (Lipinski definition) is 1. The largest absolute Gasteiger partial charge is 0.465 e. The van der Waals surface area contributed by atoms with Crippen molar-refractivity contribution in [3.05, 3.63) is 0 Å². The van der Waals surface area contributed by atoms with Crippen LogP contribution in [-0.4, -0.2) is 32.5 Å². The number of rotatable bonds is 7. The molecule has 0 saturated heterocycles. The van der Waals surface area contributed by atoms with Crippen LogP contribution >= 0.6 is 0 Å². The molecule has 1 N–H and O–H groups in total. The molecular formula is C16H22F4O4S. The van der Waals surface area contributed by atoms with Crippen LogP contribution in [0.3, 0.4) is 0 Å². The SMILES string of the molecule is O=C(CC12CC3CC(CC(C3)C1)C2)OCCC(F)(F)C(F)(F)S(=O)O. The van der Waals surface area contributed by atoms with Crippen LogP contribution in [0.1, 0.15) is 51.4 Å². The molecule has 0 amide bonds. The summed E-state index contributed by atoms with van der Waals surface area (Å²) in [6.45, 7) is -0.898. The van der Waals surface area contributed by atoms with Crippen LogP contribution < -0.4 is 0 Å². The highest BCUT2D eigenvalue weighted by Gasteiger charge is 2.61. The molecule has 1 atom stereocenters. The first kappa shape index (κ1) is 19.1. The molecule has 0 heterocycles. The smallest absolute Gasteiger partial charge is 0.406 e. The first-order valence-corrected chi connectivity index (χ1v) is 9.66. The van der Waals surface area contributed by atoms with Crippen molar-refractivity contribution < 1.29 is 35.9 Å². The molecule has 25 heavy (non-hydrogen) atoms. The molecule has 4 nitrogen and oxygen atoms in total. The number of carbonyl (C=O) groups excluding carboxylic acids is 1. The molecule has 4 fully saturated rings. The summed E-state index contributed by atoms with van der Waals surface area (Å²) in [7, 11) is 0. The molecule has 4 aliphatic rings. The van der Waals surface area contributed by atoms with Crippen LogP contribution in [0.5, 0.6) is 0 Å². The maximum Gasteiger partial charge on any atom is 0.406 e. The van der Waals surface area contributed by atoms with E-state index in [2.05, 4.69) is 0 Å². The fourth-order valence-electron chi connectivity index (χ4n) is 5.43. The fourth-order valence-corrected chi connectivity index (χ4v) is 5.79. The van der Waals surface area contributed by atoms with E-state index in [1.165, 1.54) is 19.3 Å². The summed E-state index contributed by atoms with van der Waals surface area (Å²) in [5.74, 6) is -3.48. The standard InChI is InChI=1S/C16H22F4O4S/c17-15(18,16(19,20)25(22)23)1-2-24-13(21)9-14-6-10-3-11(7-14)5-12(4-10)8-14/h10-12H,1-9H2,(H,22,23). The molecule has 0 aromatic rings. The van der Waals surface area contributed by atoms with Crippen LogP contribution in [-0.2, 0) is 20.6 Å². The Labute approximate surface area is 146 Å². The highest BCUT2D eigenvalue weighted by Crippen LogP contribution is 2.61. The number of alkyl halides is 4. The Morgan fingerprint density at radius 3 is 2.00 bits per heavy atom. The van der Waals surface area contributed by atoms with Gasteiger partial charge < -0.3 is 9.29 Å². The van der Waals surface area contributed by atoms with Crippen LogP contribution in [0.2, 0.25) is 0 Å². The van der Waals surface area contributed by atoms with E-state index in [1.807, 2.05) is 0 Å². The topological polar surface area (TPSA) is 63.6 Å². The second-order valence-electron chi connectivity index (χ2n) is 8.04. The molecule has 144 valence electrons. The molecule has 0 spiro atoms. The Morgan fingerprint density at radius 2 is 1.56 bits per heavy atom. The van der Waals surface area contributed by atoms with E-state index >= 15 is 0 Å². The first-order chi connectivity index (χ1) is 11.5.